The fourth-order valence-electron chi connectivity index (χ4n) is 2.87. The van der Waals surface area contributed by atoms with Gasteiger partial charge in [-0.25, -0.2) is 4.39 Å². The number of rotatable bonds is 3. The molecule has 18 heavy (non-hydrogen) atoms. The van der Waals surface area contributed by atoms with Gasteiger partial charge in [0.25, 0.3) is 0 Å². The third kappa shape index (κ3) is 3.22. The topological polar surface area (TPSA) is 35.2 Å². The number of ether oxygens (including phenoxy) is 1. The number of benzene rings is 1. The van der Waals surface area contributed by atoms with Crippen molar-refractivity contribution >= 4 is 0 Å². The number of hydrogen-bond acceptors (Lipinski definition) is 2. The summed E-state index contributed by atoms with van der Waals surface area (Å²) in [6.07, 6.45) is 6.47. The second-order valence-corrected chi connectivity index (χ2v) is 5.28. The van der Waals surface area contributed by atoms with Crippen molar-refractivity contribution in [1.29, 1.82) is 0 Å². The predicted octanol–water partition coefficient (Wildman–Crippen LogP) is 3.28. The molecular formula is C15H22FNO. The Bertz CT molecular complexity index is 394. The number of halogens is 1. The molecule has 0 bridgehead atoms. The summed E-state index contributed by atoms with van der Waals surface area (Å²) >= 11 is 0. The molecule has 2 nitrogen and oxygen atoms in total. The van der Waals surface area contributed by atoms with Crippen LogP contribution in [0.25, 0.3) is 0 Å². The summed E-state index contributed by atoms with van der Waals surface area (Å²) in [5.41, 5.74) is 6.81. The molecule has 0 amide bonds. The highest BCUT2D eigenvalue weighted by molar-refractivity contribution is 5.31. The lowest BCUT2D eigenvalue weighted by molar-refractivity contribution is 0.377. The molecule has 2 unspecified atom stereocenters. The van der Waals surface area contributed by atoms with E-state index in [1.807, 2.05) is 12.1 Å². The van der Waals surface area contributed by atoms with Crippen molar-refractivity contribution in [3.63, 3.8) is 0 Å². The molecule has 2 rings (SSSR count). The highest BCUT2D eigenvalue weighted by Gasteiger charge is 2.20. The van der Waals surface area contributed by atoms with Crippen LogP contribution in [0.3, 0.4) is 0 Å². The Morgan fingerprint density at radius 2 is 2.11 bits per heavy atom. The normalized spacial score (nSPS) is 24.6. The summed E-state index contributed by atoms with van der Waals surface area (Å²) in [5.74, 6) is 0.632. The molecule has 0 spiro atoms. The van der Waals surface area contributed by atoms with Crippen molar-refractivity contribution < 1.29 is 9.13 Å². The lowest BCUT2D eigenvalue weighted by Crippen LogP contribution is -2.22. The van der Waals surface area contributed by atoms with E-state index in [1.54, 1.807) is 6.07 Å². The molecule has 2 atom stereocenters. The van der Waals surface area contributed by atoms with E-state index < -0.39 is 0 Å². The first-order valence-corrected chi connectivity index (χ1v) is 6.77. The summed E-state index contributed by atoms with van der Waals surface area (Å²) in [6, 6.07) is 5.66. The Labute approximate surface area is 108 Å². The third-order valence-corrected chi connectivity index (χ3v) is 3.85. The third-order valence-electron chi connectivity index (χ3n) is 3.85. The van der Waals surface area contributed by atoms with E-state index in [-0.39, 0.29) is 11.9 Å². The quantitative estimate of drug-likeness (QED) is 0.837. The van der Waals surface area contributed by atoms with Gasteiger partial charge in [-0.2, -0.15) is 0 Å². The summed E-state index contributed by atoms with van der Waals surface area (Å²) in [4.78, 5) is 0. The molecule has 0 aromatic heterocycles. The average molecular weight is 251 g/mol. The second-order valence-electron chi connectivity index (χ2n) is 5.28. The fraction of sp³-hybridized carbons (Fsp3) is 0.600. The molecule has 1 aromatic carbocycles. The lowest BCUT2D eigenvalue weighted by Gasteiger charge is -2.18. The van der Waals surface area contributed by atoms with Gasteiger partial charge >= 0.3 is 0 Å². The van der Waals surface area contributed by atoms with Crippen LogP contribution in [0, 0.1) is 11.7 Å². The van der Waals surface area contributed by atoms with E-state index in [0.717, 1.165) is 31.2 Å². The maximum atomic E-state index is 14.1. The zero-order valence-electron chi connectivity index (χ0n) is 11.0. The molecule has 2 N–H and O–H groups in total. The average Bonchev–Trinajstić information content (AvgIpc) is 2.56. The van der Waals surface area contributed by atoms with Gasteiger partial charge in [0, 0.05) is 6.04 Å². The number of hydrogen-bond donors (Lipinski definition) is 1. The van der Waals surface area contributed by atoms with E-state index in [0.29, 0.717) is 11.7 Å². The number of nitrogens with two attached hydrogens (primary N) is 1. The first kappa shape index (κ1) is 13.3. The summed E-state index contributed by atoms with van der Waals surface area (Å²) in [5, 5.41) is 0. The van der Waals surface area contributed by atoms with E-state index in [2.05, 4.69) is 0 Å². The molecular weight excluding hydrogens is 229 g/mol. The van der Waals surface area contributed by atoms with Crippen molar-refractivity contribution in [2.75, 3.05) is 7.11 Å². The van der Waals surface area contributed by atoms with Crippen LogP contribution < -0.4 is 10.5 Å². The zero-order valence-corrected chi connectivity index (χ0v) is 11.0. The minimum atomic E-state index is -0.210. The van der Waals surface area contributed by atoms with Gasteiger partial charge in [0.2, 0.25) is 0 Å². The molecule has 1 aromatic rings. The maximum Gasteiger partial charge on any atom is 0.168 e. The van der Waals surface area contributed by atoms with E-state index >= 15 is 0 Å². The van der Waals surface area contributed by atoms with Crippen molar-refractivity contribution in [2.45, 2.75) is 44.6 Å². The highest BCUT2D eigenvalue weighted by atomic mass is 19.1. The van der Waals surface area contributed by atoms with E-state index in [1.165, 1.54) is 20.0 Å². The van der Waals surface area contributed by atoms with Crippen LogP contribution in [0.2, 0.25) is 0 Å². The van der Waals surface area contributed by atoms with E-state index in [9.17, 15) is 4.39 Å². The largest absolute Gasteiger partial charge is 0.494 e. The molecule has 100 valence electrons. The Balaban J connectivity index is 2.08. The van der Waals surface area contributed by atoms with Crippen LogP contribution in [0.5, 0.6) is 5.75 Å². The molecule has 1 fully saturated rings. The highest BCUT2D eigenvalue weighted by Crippen LogP contribution is 2.28. The SMILES string of the molecule is COc1cccc(CC2CCCCC(N)C2)c1F. The van der Waals surface area contributed by atoms with Crippen molar-refractivity contribution in [3.8, 4) is 5.75 Å². The van der Waals surface area contributed by atoms with Gasteiger partial charge in [0.15, 0.2) is 11.6 Å². The molecule has 0 saturated heterocycles. The lowest BCUT2D eigenvalue weighted by atomic mass is 9.91. The Morgan fingerprint density at radius 3 is 2.89 bits per heavy atom. The fourth-order valence-corrected chi connectivity index (χ4v) is 2.87. The maximum absolute atomic E-state index is 14.1. The van der Waals surface area contributed by atoms with Crippen LogP contribution in [0.4, 0.5) is 4.39 Å². The first-order chi connectivity index (χ1) is 8.70. The van der Waals surface area contributed by atoms with Crippen LogP contribution in [0.1, 0.15) is 37.7 Å². The molecule has 1 saturated carbocycles. The summed E-state index contributed by atoms with van der Waals surface area (Å²) in [7, 11) is 1.50. The minimum absolute atomic E-state index is 0.210. The Morgan fingerprint density at radius 1 is 1.33 bits per heavy atom. The van der Waals surface area contributed by atoms with Crippen LogP contribution in [-0.2, 0) is 6.42 Å². The summed E-state index contributed by atoms with van der Waals surface area (Å²) < 4.78 is 19.1. The summed E-state index contributed by atoms with van der Waals surface area (Å²) in [6.45, 7) is 0. The molecule has 1 aliphatic rings. The minimum Gasteiger partial charge on any atom is -0.494 e. The smallest absolute Gasteiger partial charge is 0.168 e. The van der Waals surface area contributed by atoms with Crippen molar-refractivity contribution in [1.82, 2.24) is 0 Å². The van der Waals surface area contributed by atoms with Crippen LogP contribution in [-0.4, -0.2) is 13.2 Å². The zero-order chi connectivity index (χ0) is 13.0. The van der Waals surface area contributed by atoms with Gasteiger partial charge in [-0.3, -0.25) is 0 Å². The molecule has 1 aliphatic carbocycles. The van der Waals surface area contributed by atoms with Gasteiger partial charge in [0.05, 0.1) is 7.11 Å². The first-order valence-electron chi connectivity index (χ1n) is 6.77. The van der Waals surface area contributed by atoms with E-state index in [4.69, 9.17) is 10.5 Å². The van der Waals surface area contributed by atoms with Gasteiger partial charge in [-0.15, -0.1) is 0 Å². The van der Waals surface area contributed by atoms with Crippen LogP contribution >= 0.6 is 0 Å². The molecule has 0 aliphatic heterocycles. The molecule has 0 radical (unpaired) electrons. The standard InChI is InChI=1S/C15H22FNO/c1-18-14-8-4-6-12(15(14)16)9-11-5-2-3-7-13(17)10-11/h4,6,8,11,13H,2-3,5,7,9-10,17H2,1H3. The molecule has 0 heterocycles. The van der Waals surface area contributed by atoms with Gasteiger partial charge in [-0.1, -0.05) is 31.4 Å². The van der Waals surface area contributed by atoms with Crippen molar-refractivity contribution in [2.24, 2.45) is 11.7 Å². The monoisotopic (exact) mass is 251 g/mol. The Kier molecular flexibility index (Phi) is 4.59. The van der Waals surface area contributed by atoms with Gasteiger partial charge in [0.1, 0.15) is 0 Å². The second kappa shape index (κ2) is 6.19. The van der Waals surface area contributed by atoms with Gasteiger partial charge < -0.3 is 10.5 Å². The van der Waals surface area contributed by atoms with Gasteiger partial charge in [-0.05, 0) is 36.8 Å². The Hall–Kier alpha value is -1.09. The van der Waals surface area contributed by atoms with Crippen molar-refractivity contribution in [3.05, 3.63) is 29.6 Å². The molecule has 3 heteroatoms. The van der Waals surface area contributed by atoms with Crippen LogP contribution in [0.15, 0.2) is 18.2 Å². The predicted molar refractivity (Wildman–Crippen MR) is 71.2 cm³/mol. The number of methoxy groups -OCH3 is 1.